The highest BCUT2D eigenvalue weighted by atomic mass is 16.4. The number of piperazine rings is 2. The van der Waals surface area contributed by atoms with E-state index in [1.54, 1.807) is 55.6 Å². The van der Waals surface area contributed by atoms with E-state index in [-0.39, 0.29) is 5.56 Å². The number of anilines is 6. The molecule has 2 aliphatic rings. The molecule has 22 heteroatoms. The standard InChI is InChI=1S/C20H20N10O.C20H19N9O2/c21-17-16-19(30(12-25-16)14-3-5-23-6-4-14)27-20(26-17)29-9-7-28(8-10-29)15-2-1-13(11-24-15)18(22)31;21-17-16-18(29(12-24-16)14-3-5-22-6-4-14)26-20(25-17)28-9-7-27(8-10-28)15-2-1-13(11-23-15)19(30)31/h1-6,11-12H,7-10H2,(H2,22,31)(H2,21,26,27);1-6,11-12H,7-10H2,(H,30,31)(H2,21,25,26). The zero-order valence-corrected chi connectivity index (χ0v) is 33.0. The quantitative estimate of drug-likeness (QED) is 0.170. The van der Waals surface area contributed by atoms with Gasteiger partial charge in [-0.2, -0.15) is 19.9 Å². The second-order valence-corrected chi connectivity index (χ2v) is 14.2. The lowest BCUT2D eigenvalue weighted by Gasteiger charge is -2.35. The van der Waals surface area contributed by atoms with Crippen molar-refractivity contribution in [2.45, 2.75) is 0 Å². The van der Waals surface area contributed by atoms with Gasteiger partial charge in [-0.3, -0.25) is 23.9 Å². The first-order chi connectivity index (χ1) is 30.2. The van der Waals surface area contributed by atoms with Crippen LogP contribution in [0, 0.1) is 0 Å². The van der Waals surface area contributed by atoms with Crippen LogP contribution in [0.5, 0.6) is 0 Å². The summed E-state index contributed by atoms with van der Waals surface area (Å²) >= 11 is 0. The number of aromatic carboxylic acids is 1. The van der Waals surface area contributed by atoms with Crippen LogP contribution < -0.4 is 36.8 Å². The van der Waals surface area contributed by atoms with E-state index in [2.05, 4.69) is 59.5 Å². The molecule has 2 aliphatic heterocycles. The van der Waals surface area contributed by atoms with Crippen LogP contribution in [0.25, 0.3) is 33.7 Å². The molecule has 2 fully saturated rings. The third-order valence-corrected chi connectivity index (χ3v) is 10.5. The summed E-state index contributed by atoms with van der Waals surface area (Å²) in [5.74, 6) is 1.87. The maximum Gasteiger partial charge on any atom is 0.337 e. The number of hydrogen-bond donors (Lipinski definition) is 4. The van der Waals surface area contributed by atoms with Crippen LogP contribution in [0.15, 0.2) is 98.4 Å². The summed E-state index contributed by atoms with van der Waals surface area (Å²) in [6.07, 6.45) is 13.1. The smallest absolute Gasteiger partial charge is 0.337 e. The molecule has 0 radical (unpaired) electrons. The molecule has 8 aromatic heterocycles. The number of carbonyl (C=O) groups excluding carboxylic acids is 1. The minimum Gasteiger partial charge on any atom is -0.478 e. The fourth-order valence-corrected chi connectivity index (χ4v) is 7.18. The predicted octanol–water partition coefficient (Wildman–Crippen LogP) is 1.83. The second-order valence-electron chi connectivity index (χ2n) is 14.2. The number of fused-ring (bicyclic) bond motifs is 2. The first-order valence-corrected chi connectivity index (χ1v) is 19.5. The summed E-state index contributed by atoms with van der Waals surface area (Å²) in [6, 6.07) is 14.3. The van der Waals surface area contributed by atoms with Crippen molar-refractivity contribution in [2.24, 2.45) is 5.73 Å². The molecule has 0 aliphatic carbocycles. The fourth-order valence-electron chi connectivity index (χ4n) is 7.18. The summed E-state index contributed by atoms with van der Waals surface area (Å²) < 4.78 is 3.74. The Morgan fingerprint density at radius 3 is 1.29 bits per heavy atom. The molecule has 0 bridgehead atoms. The number of nitrogens with zero attached hydrogens (tertiary/aromatic N) is 16. The molecule has 8 aromatic rings. The van der Waals surface area contributed by atoms with E-state index in [0.29, 0.717) is 90.7 Å². The summed E-state index contributed by atoms with van der Waals surface area (Å²) in [7, 11) is 0. The van der Waals surface area contributed by atoms with Crippen molar-refractivity contribution in [1.82, 2.24) is 59.0 Å². The van der Waals surface area contributed by atoms with E-state index in [9.17, 15) is 9.59 Å². The van der Waals surface area contributed by atoms with Crippen LogP contribution in [0.3, 0.4) is 0 Å². The number of aromatic nitrogens is 12. The third kappa shape index (κ3) is 7.81. The normalized spacial score (nSPS) is 14.2. The molecule has 0 atom stereocenters. The Morgan fingerprint density at radius 2 is 0.919 bits per heavy atom. The molecular formula is C40H39N19O3. The molecular weight excluding hydrogens is 795 g/mol. The Balaban J connectivity index is 0.000000158. The van der Waals surface area contributed by atoms with Gasteiger partial charge in [-0.15, -0.1) is 0 Å². The number of amides is 1. The molecule has 7 N–H and O–H groups in total. The first-order valence-electron chi connectivity index (χ1n) is 19.5. The number of nitrogen functional groups attached to an aromatic ring is 2. The molecule has 312 valence electrons. The second kappa shape index (κ2) is 16.6. The van der Waals surface area contributed by atoms with Gasteiger partial charge in [-0.25, -0.2) is 24.7 Å². The molecule has 0 saturated carbocycles. The molecule has 0 unspecified atom stereocenters. The van der Waals surface area contributed by atoms with Crippen molar-refractivity contribution >= 4 is 69.4 Å². The fraction of sp³-hybridized carbons (Fsp3) is 0.200. The maximum absolute atomic E-state index is 11.2. The summed E-state index contributed by atoms with van der Waals surface area (Å²) in [4.78, 5) is 74.6. The van der Waals surface area contributed by atoms with Crippen molar-refractivity contribution in [3.05, 3.63) is 109 Å². The molecule has 0 aromatic carbocycles. The SMILES string of the molecule is NC(=O)c1ccc(N2CCN(c3nc(N)c4ncn(-c5ccncc5)c4n3)CC2)nc1.Nc1nc(N2CCN(c3ccc(C(=O)O)cn3)CC2)nc2c1ncn2-c1ccncc1. The van der Waals surface area contributed by atoms with E-state index in [1.165, 1.54) is 12.4 Å². The molecule has 62 heavy (non-hydrogen) atoms. The Morgan fingerprint density at radius 1 is 0.516 bits per heavy atom. The van der Waals surface area contributed by atoms with Gasteiger partial charge < -0.3 is 41.9 Å². The van der Waals surface area contributed by atoms with Crippen molar-refractivity contribution in [3.63, 3.8) is 0 Å². The van der Waals surface area contributed by atoms with E-state index in [1.807, 2.05) is 39.5 Å². The molecule has 10 heterocycles. The van der Waals surface area contributed by atoms with Crippen molar-refractivity contribution in [1.29, 1.82) is 0 Å². The van der Waals surface area contributed by atoms with Gasteiger partial charge in [0.25, 0.3) is 0 Å². The van der Waals surface area contributed by atoms with Crippen LogP contribution in [0.1, 0.15) is 20.7 Å². The summed E-state index contributed by atoms with van der Waals surface area (Å²) in [5, 5.41) is 9.03. The van der Waals surface area contributed by atoms with Gasteiger partial charge >= 0.3 is 5.97 Å². The zero-order valence-electron chi connectivity index (χ0n) is 33.0. The zero-order chi connectivity index (χ0) is 42.7. The number of pyridine rings is 4. The molecule has 10 rings (SSSR count). The number of hydrogen-bond acceptors (Lipinski definition) is 18. The van der Waals surface area contributed by atoms with Gasteiger partial charge in [-0.1, -0.05) is 0 Å². The number of carboxylic acid groups (broad SMARTS) is 1. The number of carboxylic acids is 1. The number of imidazole rings is 2. The monoisotopic (exact) mass is 833 g/mol. The van der Waals surface area contributed by atoms with Crippen LogP contribution >= 0.6 is 0 Å². The third-order valence-electron chi connectivity index (χ3n) is 10.5. The largest absolute Gasteiger partial charge is 0.478 e. The molecule has 1 amide bonds. The highest BCUT2D eigenvalue weighted by Crippen LogP contribution is 2.26. The van der Waals surface area contributed by atoms with Crippen molar-refractivity contribution in [2.75, 3.05) is 83.4 Å². The van der Waals surface area contributed by atoms with Crippen molar-refractivity contribution < 1.29 is 14.7 Å². The highest BCUT2D eigenvalue weighted by Gasteiger charge is 2.24. The van der Waals surface area contributed by atoms with Gasteiger partial charge in [-0.05, 0) is 48.5 Å². The Bertz CT molecular complexity index is 2660. The summed E-state index contributed by atoms with van der Waals surface area (Å²) in [6.45, 7) is 5.62. The van der Waals surface area contributed by atoms with E-state index >= 15 is 0 Å². The topological polar surface area (TPSA) is 284 Å². The molecule has 0 spiro atoms. The minimum absolute atomic E-state index is 0.172. The Hall–Kier alpha value is -8.56. The van der Waals surface area contributed by atoms with E-state index in [4.69, 9.17) is 32.3 Å². The number of nitrogens with two attached hydrogens (primary N) is 3. The van der Waals surface area contributed by atoms with E-state index < -0.39 is 11.9 Å². The van der Waals surface area contributed by atoms with Crippen molar-refractivity contribution in [3.8, 4) is 11.4 Å². The average molecular weight is 834 g/mol. The number of rotatable bonds is 8. The average Bonchev–Trinajstić information content (AvgIpc) is 3.96. The first kappa shape index (κ1) is 38.9. The van der Waals surface area contributed by atoms with E-state index in [0.717, 1.165) is 36.1 Å². The van der Waals surface area contributed by atoms with Crippen LogP contribution in [-0.4, -0.2) is 128 Å². The number of primary amides is 1. The lowest BCUT2D eigenvalue weighted by Crippen LogP contribution is -2.47. The minimum atomic E-state index is -0.986. The van der Waals surface area contributed by atoms with Crippen LogP contribution in [0.2, 0.25) is 0 Å². The maximum atomic E-state index is 11.2. The highest BCUT2D eigenvalue weighted by molar-refractivity contribution is 5.92. The van der Waals surface area contributed by atoms with Gasteiger partial charge in [0.15, 0.2) is 34.0 Å². The Labute approximate surface area is 352 Å². The van der Waals surface area contributed by atoms with Gasteiger partial charge in [0.1, 0.15) is 24.3 Å². The van der Waals surface area contributed by atoms with Gasteiger partial charge in [0.05, 0.1) is 22.5 Å². The lowest BCUT2D eigenvalue weighted by atomic mass is 10.2. The predicted molar refractivity (Wildman–Crippen MR) is 231 cm³/mol. The molecule has 22 nitrogen and oxygen atoms in total. The summed E-state index contributed by atoms with van der Waals surface area (Å²) in [5.41, 5.74) is 22.4. The molecule has 2 saturated heterocycles. The lowest BCUT2D eigenvalue weighted by molar-refractivity contribution is 0.0696. The van der Waals surface area contributed by atoms with Crippen LogP contribution in [0.4, 0.5) is 35.2 Å². The van der Waals surface area contributed by atoms with Gasteiger partial charge in [0.2, 0.25) is 17.8 Å². The van der Waals surface area contributed by atoms with Crippen LogP contribution in [-0.2, 0) is 0 Å². The Kier molecular flexibility index (Phi) is 10.4. The number of carbonyl (C=O) groups is 2. The van der Waals surface area contributed by atoms with Gasteiger partial charge in [0, 0.05) is 89.5 Å².